The molecule has 2 saturated heterocycles. The molecule has 2 heteroatoms. The van der Waals surface area contributed by atoms with Gasteiger partial charge < -0.3 is 4.90 Å². The molecule has 0 radical (unpaired) electrons. The van der Waals surface area contributed by atoms with Crippen molar-refractivity contribution >= 4 is 0 Å². The molecule has 1 unspecified atom stereocenters. The summed E-state index contributed by atoms with van der Waals surface area (Å²) in [4.78, 5) is 5.59. The molecule has 0 N–H and O–H groups in total. The van der Waals surface area contributed by atoms with Crippen molar-refractivity contribution < 1.29 is 0 Å². The summed E-state index contributed by atoms with van der Waals surface area (Å²) >= 11 is 0. The molecule has 2 aliphatic carbocycles. The minimum absolute atomic E-state index is 0.909. The third-order valence-corrected chi connectivity index (χ3v) is 5.85. The lowest BCUT2D eigenvalue weighted by Crippen LogP contribution is -2.55. The molecule has 102 valence electrons. The van der Waals surface area contributed by atoms with Crippen LogP contribution in [-0.2, 0) is 0 Å². The average molecular weight is 248 g/mol. The Hall–Kier alpha value is -0.0800. The Labute approximate surface area is 112 Å². The molecule has 4 fully saturated rings. The molecular formula is C16H28N2. The zero-order valence-corrected chi connectivity index (χ0v) is 11.7. The molecule has 2 saturated carbocycles. The van der Waals surface area contributed by atoms with Crippen LogP contribution in [0.2, 0.25) is 0 Å². The second-order valence-electron chi connectivity index (χ2n) is 7.28. The highest BCUT2D eigenvalue weighted by Gasteiger charge is 2.42. The highest BCUT2D eigenvalue weighted by atomic mass is 15.3. The van der Waals surface area contributed by atoms with Crippen LogP contribution in [0.4, 0.5) is 0 Å². The Morgan fingerprint density at radius 2 is 1.61 bits per heavy atom. The minimum Gasteiger partial charge on any atom is -0.300 e. The molecule has 18 heavy (non-hydrogen) atoms. The number of piperazine rings is 1. The molecule has 4 aliphatic rings. The van der Waals surface area contributed by atoms with Crippen LogP contribution >= 0.6 is 0 Å². The third kappa shape index (κ3) is 2.46. The van der Waals surface area contributed by atoms with Crippen molar-refractivity contribution in [3.8, 4) is 0 Å². The molecular weight excluding hydrogens is 220 g/mol. The molecule has 0 aromatic rings. The van der Waals surface area contributed by atoms with Gasteiger partial charge in [0.05, 0.1) is 0 Å². The van der Waals surface area contributed by atoms with Gasteiger partial charge in [-0.3, -0.25) is 4.90 Å². The maximum Gasteiger partial charge on any atom is 0.0223 e. The fourth-order valence-corrected chi connectivity index (χ4v) is 4.42. The van der Waals surface area contributed by atoms with E-state index in [9.17, 15) is 0 Å². The van der Waals surface area contributed by atoms with Crippen LogP contribution < -0.4 is 0 Å². The van der Waals surface area contributed by atoms with E-state index in [4.69, 9.17) is 0 Å². The fraction of sp³-hybridized carbons (Fsp3) is 1.00. The predicted molar refractivity (Wildman–Crippen MR) is 74.6 cm³/mol. The first-order valence-corrected chi connectivity index (χ1v) is 8.36. The van der Waals surface area contributed by atoms with E-state index in [-0.39, 0.29) is 0 Å². The second kappa shape index (κ2) is 4.79. The maximum atomic E-state index is 2.83. The Morgan fingerprint density at radius 3 is 2.33 bits per heavy atom. The molecule has 0 spiro atoms. The Balaban J connectivity index is 1.34. The summed E-state index contributed by atoms with van der Waals surface area (Å²) in [6, 6.07) is 0.909. The first-order valence-electron chi connectivity index (χ1n) is 8.36. The molecule has 2 heterocycles. The molecule has 2 nitrogen and oxygen atoms in total. The summed E-state index contributed by atoms with van der Waals surface area (Å²) in [6.45, 7) is 6.92. The molecule has 0 amide bonds. The van der Waals surface area contributed by atoms with E-state index in [0.29, 0.717) is 0 Å². The number of hydrogen-bond donors (Lipinski definition) is 0. The van der Waals surface area contributed by atoms with Crippen LogP contribution in [0.25, 0.3) is 0 Å². The van der Waals surface area contributed by atoms with Crippen LogP contribution in [0.15, 0.2) is 0 Å². The first-order chi connectivity index (χ1) is 8.90. The molecule has 2 aliphatic heterocycles. The second-order valence-corrected chi connectivity index (χ2v) is 7.28. The Kier molecular flexibility index (Phi) is 3.12. The van der Waals surface area contributed by atoms with E-state index >= 15 is 0 Å². The number of piperidine rings is 1. The summed E-state index contributed by atoms with van der Waals surface area (Å²) in [5.74, 6) is 3.34. The Bertz CT molecular complexity index is 283. The zero-order chi connectivity index (χ0) is 11.9. The van der Waals surface area contributed by atoms with Gasteiger partial charge in [-0.25, -0.2) is 0 Å². The molecule has 0 aromatic heterocycles. The van der Waals surface area contributed by atoms with E-state index in [1.54, 1.807) is 25.7 Å². The summed E-state index contributed by atoms with van der Waals surface area (Å²) in [5, 5.41) is 0. The standard InChI is InChI=1S/C16H28N2/c1-2-8-18-10-9-17(11-15(18)3-1)12-16(13-4-5-13)14-6-7-14/h13-16H,1-12H2. The van der Waals surface area contributed by atoms with E-state index in [2.05, 4.69) is 9.80 Å². The van der Waals surface area contributed by atoms with Gasteiger partial charge in [0.25, 0.3) is 0 Å². The summed E-state index contributed by atoms with van der Waals surface area (Å²) in [6.07, 6.45) is 10.6. The lowest BCUT2D eigenvalue weighted by atomic mass is 9.95. The number of hydrogen-bond acceptors (Lipinski definition) is 2. The van der Waals surface area contributed by atoms with Crippen LogP contribution in [0, 0.1) is 17.8 Å². The van der Waals surface area contributed by atoms with Gasteiger partial charge in [-0.15, -0.1) is 0 Å². The van der Waals surface area contributed by atoms with Gasteiger partial charge in [-0.2, -0.15) is 0 Å². The average Bonchev–Trinajstić information content (AvgIpc) is 3.29. The maximum absolute atomic E-state index is 2.83. The molecule has 1 atom stereocenters. The van der Waals surface area contributed by atoms with Gasteiger partial charge in [0.2, 0.25) is 0 Å². The van der Waals surface area contributed by atoms with Crippen molar-refractivity contribution in [1.29, 1.82) is 0 Å². The lowest BCUT2D eigenvalue weighted by molar-refractivity contribution is 0.0379. The minimum atomic E-state index is 0.909. The normalized spacial score (nSPS) is 34.8. The van der Waals surface area contributed by atoms with E-state index < -0.39 is 0 Å². The summed E-state index contributed by atoms with van der Waals surface area (Å²) in [7, 11) is 0. The SMILES string of the molecule is C1CCN2CCN(CC(C3CC3)C3CC3)CC2C1. The van der Waals surface area contributed by atoms with E-state index in [1.165, 1.54) is 52.0 Å². The van der Waals surface area contributed by atoms with Crippen molar-refractivity contribution in [2.45, 2.75) is 51.0 Å². The smallest absolute Gasteiger partial charge is 0.0223 e. The lowest BCUT2D eigenvalue weighted by Gasteiger charge is -2.45. The van der Waals surface area contributed by atoms with Gasteiger partial charge in [0.15, 0.2) is 0 Å². The quantitative estimate of drug-likeness (QED) is 0.754. The number of fused-ring (bicyclic) bond motifs is 1. The van der Waals surface area contributed by atoms with Crippen molar-refractivity contribution in [2.75, 3.05) is 32.7 Å². The van der Waals surface area contributed by atoms with Crippen molar-refractivity contribution in [3.63, 3.8) is 0 Å². The third-order valence-electron chi connectivity index (χ3n) is 5.85. The Morgan fingerprint density at radius 1 is 0.833 bits per heavy atom. The fourth-order valence-electron chi connectivity index (χ4n) is 4.42. The first kappa shape index (κ1) is 11.7. The van der Waals surface area contributed by atoms with Gasteiger partial charge in [0, 0.05) is 32.2 Å². The van der Waals surface area contributed by atoms with Crippen LogP contribution in [0.5, 0.6) is 0 Å². The van der Waals surface area contributed by atoms with Crippen LogP contribution in [0.1, 0.15) is 44.9 Å². The monoisotopic (exact) mass is 248 g/mol. The van der Waals surface area contributed by atoms with Gasteiger partial charge >= 0.3 is 0 Å². The topological polar surface area (TPSA) is 6.48 Å². The van der Waals surface area contributed by atoms with Crippen molar-refractivity contribution in [2.24, 2.45) is 17.8 Å². The van der Waals surface area contributed by atoms with Gasteiger partial charge in [-0.05, 0) is 62.8 Å². The van der Waals surface area contributed by atoms with E-state index in [1.807, 2.05) is 0 Å². The van der Waals surface area contributed by atoms with Gasteiger partial charge in [-0.1, -0.05) is 6.42 Å². The molecule has 4 rings (SSSR count). The predicted octanol–water partition coefficient (Wildman–Crippen LogP) is 2.59. The molecule has 0 bridgehead atoms. The highest BCUT2D eigenvalue weighted by molar-refractivity contribution is 4.94. The van der Waals surface area contributed by atoms with Crippen LogP contribution in [-0.4, -0.2) is 48.6 Å². The number of nitrogens with zero attached hydrogens (tertiary/aromatic N) is 2. The van der Waals surface area contributed by atoms with Gasteiger partial charge in [0.1, 0.15) is 0 Å². The largest absolute Gasteiger partial charge is 0.300 e. The van der Waals surface area contributed by atoms with Crippen molar-refractivity contribution in [3.05, 3.63) is 0 Å². The van der Waals surface area contributed by atoms with Crippen molar-refractivity contribution in [1.82, 2.24) is 9.80 Å². The summed E-state index contributed by atoms with van der Waals surface area (Å²) in [5.41, 5.74) is 0. The van der Waals surface area contributed by atoms with E-state index in [0.717, 1.165) is 23.8 Å². The zero-order valence-electron chi connectivity index (χ0n) is 11.7. The highest BCUT2D eigenvalue weighted by Crippen LogP contribution is 2.49. The molecule has 0 aromatic carbocycles. The number of rotatable bonds is 4. The summed E-state index contributed by atoms with van der Waals surface area (Å²) < 4.78 is 0. The van der Waals surface area contributed by atoms with Crippen LogP contribution in [0.3, 0.4) is 0 Å².